The Kier molecular flexibility index (Phi) is 6.05. The molecule has 1 aromatic rings. The number of nitrogens with one attached hydrogen (secondary N) is 1. The lowest BCUT2D eigenvalue weighted by atomic mass is 9.85. The Morgan fingerprint density at radius 3 is 2.90 bits per heavy atom. The number of carbonyl (C=O) groups excluding carboxylic acids is 1. The Morgan fingerprint density at radius 1 is 1.33 bits per heavy atom. The van der Waals surface area contributed by atoms with Crippen LogP contribution >= 0.6 is 0 Å². The zero-order valence-electron chi connectivity index (χ0n) is 12.9. The lowest BCUT2D eigenvalue weighted by Gasteiger charge is -2.28. The molecule has 1 aliphatic rings. The summed E-state index contributed by atoms with van der Waals surface area (Å²) >= 11 is 0. The van der Waals surface area contributed by atoms with Gasteiger partial charge in [-0.15, -0.1) is 0 Å². The fraction of sp³-hybridized carbons (Fsp3) is 0.588. The second-order valence-electron chi connectivity index (χ2n) is 5.51. The molecular formula is C17H25NO3. The third-order valence-electron chi connectivity index (χ3n) is 4.07. The van der Waals surface area contributed by atoms with Crippen molar-refractivity contribution in [3.8, 4) is 5.75 Å². The zero-order chi connectivity index (χ0) is 15.1. The van der Waals surface area contributed by atoms with Crippen molar-refractivity contribution < 1.29 is 14.3 Å². The number of esters is 1. The number of benzene rings is 1. The van der Waals surface area contributed by atoms with Gasteiger partial charge < -0.3 is 14.8 Å². The Morgan fingerprint density at radius 2 is 2.14 bits per heavy atom. The number of rotatable bonds is 6. The van der Waals surface area contributed by atoms with Crippen LogP contribution in [0.4, 0.5) is 0 Å². The number of methoxy groups -OCH3 is 1. The van der Waals surface area contributed by atoms with Gasteiger partial charge in [-0.3, -0.25) is 4.79 Å². The van der Waals surface area contributed by atoms with Gasteiger partial charge in [-0.2, -0.15) is 0 Å². The Labute approximate surface area is 126 Å². The van der Waals surface area contributed by atoms with Crippen molar-refractivity contribution in [2.75, 3.05) is 13.7 Å². The molecule has 4 nitrogen and oxygen atoms in total. The SMILES string of the molecule is CCOC(=O)C1CCCC(NCc2ccccc2OC)C1. The summed E-state index contributed by atoms with van der Waals surface area (Å²) in [6, 6.07) is 8.40. The summed E-state index contributed by atoms with van der Waals surface area (Å²) in [6.45, 7) is 3.09. The van der Waals surface area contributed by atoms with Crippen LogP contribution in [0.25, 0.3) is 0 Å². The van der Waals surface area contributed by atoms with Crippen LogP contribution in [0.2, 0.25) is 0 Å². The van der Waals surface area contributed by atoms with Crippen LogP contribution in [0, 0.1) is 5.92 Å². The van der Waals surface area contributed by atoms with E-state index in [1.54, 1.807) is 7.11 Å². The molecule has 4 heteroatoms. The van der Waals surface area contributed by atoms with E-state index in [0.29, 0.717) is 12.6 Å². The molecule has 116 valence electrons. The first-order valence-electron chi connectivity index (χ1n) is 7.76. The molecule has 1 aliphatic carbocycles. The van der Waals surface area contributed by atoms with Crippen molar-refractivity contribution in [3.05, 3.63) is 29.8 Å². The standard InChI is InChI=1S/C17H25NO3/c1-3-21-17(19)13-8-6-9-15(11-13)18-12-14-7-4-5-10-16(14)20-2/h4-5,7,10,13,15,18H,3,6,8-9,11-12H2,1-2H3. The molecule has 0 spiro atoms. The van der Waals surface area contributed by atoms with Gasteiger partial charge in [0.25, 0.3) is 0 Å². The van der Waals surface area contributed by atoms with Gasteiger partial charge in [0.2, 0.25) is 0 Å². The minimum absolute atomic E-state index is 0.0405. The minimum atomic E-state index is -0.0405. The van der Waals surface area contributed by atoms with E-state index in [-0.39, 0.29) is 11.9 Å². The van der Waals surface area contributed by atoms with Crippen molar-refractivity contribution in [2.45, 2.75) is 45.2 Å². The van der Waals surface area contributed by atoms with Crippen LogP contribution in [0.15, 0.2) is 24.3 Å². The van der Waals surface area contributed by atoms with Crippen LogP contribution in [-0.2, 0) is 16.1 Å². The number of carbonyl (C=O) groups is 1. The largest absolute Gasteiger partial charge is 0.496 e. The van der Waals surface area contributed by atoms with Crippen molar-refractivity contribution in [1.82, 2.24) is 5.32 Å². The van der Waals surface area contributed by atoms with Gasteiger partial charge in [0.1, 0.15) is 5.75 Å². The maximum absolute atomic E-state index is 11.8. The zero-order valence-corrected chi connectivity index (χ0v) is 12.9. The molecule has 21 heavy (non-hydrogen) atoms. The Bertz CT molecular complexity index is 461. The highest BCUT2D eigenvalue weighted by atomic mass is 16.5. The summed E-state index contributed by atoms with van der Waals surface area (Å²) in [5.41, 5.74) is 1.15. The summed E-state index contributed by atoms with van der Waals surface area (Å²) in [6.07, 6.45) is 4.01. The first kappa shape index (κ1) is 15.8. The molecule has 0 amide bonds. The van der Waals surface area contributed by atoms with Gasteiger partial charge in [0.15, 0.2) is 0 Å². The molecule has 1 N–H and O–H groups in total. The van der Waals surface area contributed by atoms with Gasteiger partial charge in [-0.05, 0) is 32.3 Å². The van der Waals surface area contributed by atoms with Crippen LogP contribution in [0.3, 0.4) is 0 Å². The minimum Gasteiger partial charge on any atom is -0.496 e. The van der Waals surface area contributed by atoms with Gasteiger partial charge in [-0.25, -0.2) is 0 Å². The smallest absolute Gasteiger partial charge is 0.308 e. The molecule has 0 saturated heterocycles. The normalized spacial score (nSPS) is 21.8. The fourth-order valence-corrected chi connectivity index (χ4v) is 2.95. The molecule has 0 heterocycles. The lowest BCUT2D eigenvalue weighted by Crippen LogP contribution is -2.36. The highest BCUT2D eigenvalue weighted by molar-refractivity contribution is 5.72. The van der Waals surface area contributed by atoms with Crippen molar-refractivity contribution >= 4 is 5.97 Å². The molecule has 1 fully saturated rings. The van der Waals surface area contributed by atoms with E-state index in [2.05, 4.69) is 11.4 Å². The maximum Gasteiger partial charge on any atom is 0.308 e. The highest BCUT2D eigenvalue weighted by Gasteiger charge is 2.27. The van der Waals surface area contributed by atoms with Gasteiger partial charge >= 0.3 is 5.97 Å². The van der Waals surface area contributed by atoms with E-state index in [9.17, 15) is 4.79 Å². The number of para-hydroxylation sites is 1. The Balaban J connectivity index is 1.86. The Hall–Kier alpha value is -1.55. The number of hydrogen-bond acceptors (Lipinski definition) is 4. The molecular weight excluding hydrogens is 266 g/mol. The second-order valence-corrected chi connectivity index (χ2v) is 5.51. The third-order valence-corrected chi connectivity index (χ3v) is 4.07. The third kappa shape index (κ3) is 4.46. The van der Waals surface area contributed by atoms with Crippen LogP contribution in [-0.4, -0.2) is 25.7 Å². The van der Waals surface area contributed by atoms with Crippen LogP contribution in [0.5, 0.6) is 5.75 Å². The number of ether oxygens (including phenoxy) is 2. The summed E-state index contributed by atoms with van der Waals surface area (Å²) in [4.78, 5) is 11.8. The molecule has 0 bridgehead atoms. The first-order chi connectivity index (χ1) is 10.2. The van der Waals surface area contributed by atoms with Crippen LogP contribution < -0.4 is 10.1 Å². The molecule has 0 radical (unpaired) electrons. The summed E-state index contributed by atoms with van der Waals surface area (Å²) < 4.78 is 10.5. The summed E-state index contributed by atoms with van der Waals surface area (Å²) in [5.74, 6) is 0.915. The van der Waals surface area contributed by atoms with Gasteiger partial charge in [0, 0.05) is 18.2 Å². The molecule has 1 aromatic carbocycles. The van der Waals surface area contributed by atoms with Crippen molar-refractivity contribution in [1.29, 1.82) is 0 Å². The molecule has 0 aromatic heterocycles. The lowest BCUT2D eigenvalue weighted by molar-refractivity contribution is -0.149. The van der Waals surface area contributed by atoms with Gasteiger partial charge in [-0.1, -0.05) is 24.6 Å². The summed E-state index contributed by atoms with van der Waals surface area (Å²) in [7, 11) is 1.69. The quantitative estimate of drug-likeness (QED) is 0.819. The molecule has 0 aliphatic heterocycles. The van der Waals surface area contributed by atoms with Crippen molar-refractivity contribution in [2.24, 2.45) is 5.92 Å². The molecule has 1 saturated carbocycles. The topological polar surface area (TPSA) is 47.6 Å². The average molecular weight is 291 g/mol. The van der Waals surface area contributed by atoms with Gasteiger partial charge in [0.05, 0.1) is 19.6 Å². The predicted octanol–water partition coefficient (Wildman–Crippen LogP) is 2.91. The van der Waals surface area contributed by atoms with Crippen LogP contribution in [0.1, 0.15) is 38.2 Å². The maximum atomic E-state index is 11.8. The molecule has 2 unspecified atom stereocenters. The summed E-state index contributed by atoms with van der Waals surface area (Å²) in [5, 5.41) is 3.55. The van der Waals surface area contributed by atoms with E-state index in [0.717, 1.165) is 43.5 Å². The first-order valence-corrected chi connectivity index (χ1v) is 7.76. The van der Waals surface area contributed by atoms with E-state index in [1.165, 1.54) is 0 Å². The average Bonchev–Trinajstić information content (AvgIpc) is 2.53. The fourth-order valence-electron chi connectivity index (χ4n) is 2.95. The molecule has 2 atom stereocenters. The monoisotopic (exact) mass is 291 g/mol. The molecule has 2 rings (SSSR count). The van der Waals surface area contributed by atoms with E-state index in [1.807, 2.05) is 25.1 Å². The number of hydrogen-bond donors (Lipinski definition) is 1. The predicted molar refractivity (Wildman–Crippen MR) is 82.2 cm³/mol. The van der Waals surface area contributed by atoms with E-state index >= 15 is 0 Å². The van der Waals surface area contributed by atoms with E-state index in [4.69, 9.17) is 9.47 Å². The highest BCUT2D eigenvalue weighted by Crippen LogP contribution is 2.26. The second kappa shape index (κ2) is 8.03. The van der Waals surface area contributed by atoms with Crippen molar-refractivity contribution in [3.63, 3.8) is 0 Å². The van der Waals surface area contributed by atoms with E-state index < -0.39 is 0 Å².